The zero-order chi connectivity index (χ0) is 21.4. The van der Waals surface area contributed by atoms with E-state index in [9.17, 15) is 8.42 Å². The standard InChI is InChI=1S/C24H30N2O4S.ClH/c1-29-21-3-2-20-16-26(12-8-18(20)14-21)24(17-6-10-25-11-7-17)31(27,28)22-4-5-23-19(15-22)9-13-30-23;/h2-5,14-15,17,24-25H,6-13,16H2,1H3;1H. The maximum atomic E-state index is 14.0. The summed E-state index contributed by atoms with van der Waals surface area (Å²) in [5.74, 6) is 1.80. The van der Waals surface area contributed by atoms with Gasteiger partial charge in [-0.1, -0.05) is 6.07 Å². The van der Waals surface area contributed by atoms with Crippen LogP contribution >= 0.6 is 12.4 Å². The van der Waals surface area contributed by atoms with Crippen molar-refractivity contribution in [2.24, 2.45) is 5.92 Å². The second kappa shape index (κ2) is 9.59. The van der Waals surface area contributed by atoms with E-state index in [2.05, 4.69) is 22.3 Å². The Kier molecular flexibility index (Phi) is 7.00. The zero-order valence-corrected chi connectivity index (χ0v) is 20.0. The molecule has 3 aliphatic rings. The number of rotatable bonds is 5. The highest BCUT2D eigenvalue weighted by molar-refractivity contribution is 7.92. The van der Waals surface area contributed by atoms with E-state index >= 15 is 0 Å². The van der Waals surface area contributed by atoms with Crippen molar-refractivity contribution < 1.29 is 17.9 Å². The summed E-state index contributed by atoms with van der Waals surface area (Å²) >= 11 is 0. The van der Waals surface area contributed by atoms with Gasteiger partial charge in [0, 0.05) is 19.5 Å². The molecule has 0 saturated carbocycles. The van der Waals surface area contributed by atoms with Crippen LogP contribution in [-0.4, -0.2) is 52.0 Å². The van der Waals surface area contributed by atoms with Gasteiger partial charge >= 0.3 is 0 Å². The molecule has 0 radical (unpaired) electrons. The van der Waals surface area contributed by atoms with Crippen LogP contribution in [0.15, 0.2) is 41.3 Å². The summed E-state index contributed by atoms with van der Waals surface area (Å²) in [6.45, 7) is 3.76. The van der Waals surface area contributed by atoms with Gasteiger partial charge in [-0.05, 0) is 85.3 Å². The smallest absolute Gasteiger partial charge is 0.194 e. The van der Waals surface area contributed by atoms with E-state index in [-0.39, 0.29) is 18.3 Å². The van der Waals surface area contributed by atoms with Gasteiger partial charge in [0.15, 0.2) is 9.84 Å². The summed E-state index contributed by atoms with van der Waals surface area (Å²) in [5, 5.41) is 2.87. The van der Waals surface area contributed by atoms with Crippen molar-refractivity contribution in [1.82, 2.24) is 10.2 Å². The van der Waals surface area contributed by atoms with Gasteiger partial charge in [0.2, 0.25) is 0 Å². The van der Waals surface area contributed by atoms with E-state index in [1.165, 1.54) is 11.1 Å². The van der Waals surface area contributed by atoms with Crippen LogP contribution in [-0.2, 0) is 29.2 Å². The Morgan fingerprint density at radius 1 is 1.06 bits per heavy atom. The molecule has 1 fully saturated rings. The first-order chi connectivity index (χ1) is 15.1. The Morgan fingerprint density at radius 3 is 2.66 bits per heavy atom. The van der Waals surface area contributed by atoms with E-state index in [4.69, 9.17) is 9.47 Å². The molecule has 2 aromatic rings. The second-order valence-corrected chi connectivity index (χ2v) is 10.8. The first kappa shape index (κ1) is 23.4. The molecule has 0 bridgehead atoms. The first-order valence-electron chi connectivity index (χ1n) is 11.2. The first-order valence-corrected chi connectivity index (χ1v) is 12.7. The molecular weight excluding hydrogens is 448 g/mol. The minimum Gasteiger partial charge on any atom is -0.497 e. The number of nitrogens with zero attached hydrogens (tertiary/aromatic N) is 1. The van der Waals surface area contributed by atoms with E-state index in [0.29, 0.717) is 18.0 Å². The third-order valence-corrected chi connectivity index (χ3v) is 9.14. The molecule has 0 spiro atoms. The van der Waals surface area contributed by atoms with Crippen molar-refractivity contribution in [2.45, 2.75) is 42.5 Å². The summed E-state index contributed by atoms with van der Waals surface area (Å²) in [6, 6.07) is 11.5. The average Bonchev–Trinajstić information content (AvgIpc) is 3.27. The molecule has 1 unspecified atom stereocenters. The van der Waals surface area contributed by atoms with Crippen LogP contribution in [0.1, 0.15) is 29.5 Å². The van der Waals surface area contributed by atoms with Crippen LogP contribution < -0.4 is 14.8 Å². The molecular formula is C24H31ClN2O4S. The average molecular weight is 479 g/mol. The SMILES string of the molecule is COc1ccc2c(c1)CCN(C(C1CCNCC1)S(=O)(=O)c1ccc3c(c1)CCO3)C2.Cl. The Hall–Kier alpha value is -1.80. The molecule has 0 aliphatic carbocycles. The highest BCUT2D eigenvalue weighted by atomic mass is 35.5. The molecule has 0 aromatic heterocycles. The summed E-state index contributed by atoms with van der Waals surface area (Å²) in [4.78, 5) is 2.63. The van der Waals surface area contributed by atoms with Crippen molar-refractivity contribution in [2.75, 3.05) is 33.4 Å². The highest BCUT2D eigenvalue weighted by Crippen LogP contribution is 2.36. The Balaban J connectivity index is 0.00000245. The Bertz CT molecular complexity index is 1070. The quantitative estimate of drug-likeness (QED) is 0.711. The third-order valence-electron chi connectivity index (χ3n) is 6.91. The van der Waals surface area contributed by atoms with Crippen LogP contribution in [0.2, 0.25) is 0 Å². The maximum Gasteiger partial charge on any atom is 0.194 e. The van der Waals surface area contributed by atoms with Crippen molar-refractivity contribution >= 4 is 22.2 Å². The van der Waals surface area contributed by atoms with Crippen LogP contribution in [0, 0.1) is 5.92 Å². The molecule has 1 saturated heterocycles. The van der Waals surface area contributed by atoms with Gasteiger partial charge in [-0.25, -0.2) is 8.42 Å². The highest BCUT2D eigenvalue weighted by Gasteiger charge is 2.41. The lowest BCUT2D eigenvalue weighted by atomic mass is 9.94. The lowest BCUT2D eigenvalue weighted by molar-refractivity contribution is 0.159. The van der Waals surface area contributed by atoms with Gasteiger partial charge in [0.05, 0.1) is 18.6 Å². The van der Waals surface area contributed by atoms with E-state index in [1.54, 1.807) is 13.2 Å². The number of fused-ring (bicyclic) bond motifs is 2. The van der Waals surface area contributed by atoms with E-state index < -0.39 is 15.2 Å². The molecule has 3 heterocycles. The molecule has 174 valence electrons. The molecule has 5 rings (SSSR count). The molecule has 1 N–H and O–H groups in total. The van der Waals surface area contributed by atoms with Gasteiger partial charge in [0.1, 0.15) is 16.9 Å². The number of ether oxygens (including phenoxy) is 2. The third kappa shape index (κ3) is 4.36. The normalized spacial score (nSPS) is 19.9. The summed E-state index contributed by atoms with van der Waals surface area (Å²) in [6.07, 6.45) is 3.37. The molecule has 6 nitrogen and oxygen atoms in total. The number of piperidine rings is 1. The molecule has 3 aliphatic heterocycles. The predicted molar refractivity (Wildman–Crippen MR) is 127 cm³/mol. The number of methoxy groups -OCH3 is 1. The van der Waals surface area contributed by atoms with Gasteiger partial charge in [-0.3, -0.25) is 4.90 Å². The summed E-state index contributed by atoms with van der Waals surface area (Å²) in [5.41, 5.74) is 3.46. The Labute approximate surface area is 196 Å². The summed E-state index contributed by atoms with van der Waals surface area (Å²) in [7, 11) is -1.84. The Morgan fingerprint density at radius 2 is 1.88 bits per heavy atom. The van der Waals surface area contributed by atoms with Gasteiger partial charge in [0.25, 0.3) is 0 Å². The van der Waals surface area contributed by atoms with Gasteiger partial charge < -0.3 is 14.8 Å². The van der Waals surface area contributed by atoms with Crippen molar-refractivity contribution in [1.29, 1.82) is 0 Å². The molecule has 32 heavy (non-hydrogen) atoms. The number of benzene rings is 2. The van der Waals surface area contributed by atoms with Crippen LogP contribution in [0.4, 0.5) is 0 Å². The second-order valence-electron chi connectivity index (χ2n) is 8.75. The monoisotopic (exact) mass is 478 g/mol. The van der Waals surface area contributed by atoms with Crippen molar-refractivity contribution in [3.63, 3.8) is 0 Å². The zero-order valence-electron chi connectivity index (χ0n) is 18.4. The van der Waals surface area contributed by atoms with Gasteiger partial charge in [-0.15, -0.1) is 12.4 Å². The van der Waals surface area contributed by atoms with Crippen molar-refractivity contribution in [3.8, 4) is 11.5 Å². The maximum absolute atomic E-state index is 14.0. The van der Waals surface area contributed by atoms with Crippen LogP contribution in [0.3, 0.4) is 0 Å². The summed E-state index contributed by atoms with van der Waals surface area (Å²) < 4.78 is 39.0. The lowest BCUT2D eigenvalue weighted by Gasteiger charge is -2.40. The van der Waals surface area contributed by atoms with E-state index in [0.717, 1.165) is 62.4 Å². The van der Waals surface area contributed by atoms with Crippen molar-refractivity contribution in [3.05, 3.63) is 53.1 Å². The molecule has 1 atom stereocenters. The topological polar surface area (TPSA) is 67.9 Å². The lowest BCUT2D eigenvalue weighted by Crippen LogP contribution is -2.50. The van der Waals surface area contributed by atoms with Crippen LogP contribution in [0.25, 0.3) is 0 Å². The minimum absolute atomic E-state index is 0. The number of halogens is 1. The fraction of sp³-hybridized carbons (Fsp3) is 0.500. The number of hydrogen-bond acceptors (Lipinski definition) is 6. The minimum atomic E-state index is -3.52. The molecule has 0 amide bonds. The number of nitrogens with one attached hydrogen (secondary N) is 1. The largest absolute Gasteiger partial charge is 0.497 e. The number of hydrogen-bond donors (Lipinski definition) is 1. The van der Waals surface area contributed by atoms with Crippen LogP contribution in [0.5, 0.6) is 11.5 Å². The van der Waals surface area contributed by atoms with Gasteiger partial charge in [-0.2, -0.15) is 0 Å². The fourth-order valence-electron chi connectivity index (χ4n) is 5.25. The molecule has 2 aromatic carbocycles. The predicted octanol–water partition coefficient (Wildman–Crippen LogP) is 3.21. The number of sulfone groups is 1. The van der Waals surface area contributed by atoms with E-state index in [1.807, 2.05) is 18.2 Å². The molecule has 8 heteroatoms. The fourth-order valence-corrected chi connectivity index (χ4v) is 7.45.